The zero-order chi connectivity index (χ0) is 15.4. The maximum Gasteiger partial charge on any atom is 0.321 e. The number of phenolic OH excluding ortho intramolecular Hbond substituents is 1. The number of carboxylic acids is 1. The fraction of sp³-hybridized carbons (Fsp3) is 0.467. The van der Waals surface area contributed by atoms with E-state index in [4.69, 9.17) is 5.11 Å². The number of carbonyl (C=O) groups is 2. The molecule has 1 aromatic carbocycles. The first kappa shape index (κ1) is 15.2. The number of carbonyl (C=O) groups excluding carboxylic acids is 1. The van der Waals surface area contributed by atoms with Gasteiger partial charge in [-0.05, 0) is 30.9 Å². The van der Waals surface area contributed by atoms with E-state index >= 15 is 0 Å². The van der Waals surface area contributed by atoms with Crippen molar-refractivity contribution in [2.45, 2.75) is 19.3 Å². The van der Waals surface area contributed by atoms with Gasteiger partial charge in [0.25, 0.3) is 0 Å². The molecule has 2 atom stereocenters. The number of rotatable bonds is 4. The van der Waals surface area contributed by atoms with E-state index in [1.807, 2.05) is 0 Å². The number of nitrogens with zero attached hydrogens (tertiary/aromatic N) is 1. The molecule has 1 saturated carbocycles. The highest BCUT2D eigenvalue weighted by molar-refractivity contribution is 5.91. The summed E-state index contributed by atoms with van der Waals surface area (Å²) < 4.78 is 0. The Hall–Kier alpha value is -2.24. The summed E-state index contributed by atoms with van der Waals surface area (Å²) in [6, 6.07) is 6.10. The predicted octanol–water partition coefficient (Wildman–Crippen LogP) is 2.04. The van der Waals surface area contributed by atoms with E-state index in [2.05, 4.69) is 5.32 Å². The largest absolute Gasteiger partial charge is 0.508 e. The Balaban J connectivity index is 1.91. The van der Waals surface area contributed by atoms with E-state index in [-0.39, 0.29) is 23.6 Å². The molecule has 6 heteroatoms. The second-order valence-corrected chi connectivity index (χ2v) is 5.40. The minimum Gasteiger partial charge on any atom is -0.508 e. The Kier molecular flexibility index (Phi) is 4.67. The molecule has 6 nitrogen and oxygen atoms in total. The Labute approximate surface area is 123 Å². The van der Waals surface area contributed by atoms with Crippen LogP contribution < -0.4 is 10.2 Å². The molecule has 1 aliphatic rings. The van der Waals surface area contributed by atoms with Gasteiger partial charge in [-0.3, -0.25) is 9.69 Å². The molecule has 3 N–H and O–H groups in total. The summed E-state index contributed by atoms with van der Waals surface area (Å²) in [5, 5.41) is 21.3. The number of nitrogens with one attached hydrogen (secondary N) is 1. The minimum atomic E-state index is -0.784. The van der Waals surface area contributed by atoms with Crippen molar-refractivity contribution >= 4 is 17.7 Å². The van der Waals surface area contributed by atoms with Crippen molar-refractivity contribution in [2.75, 3.05) is 18.5 Å². The van der Waals surface area contributed by atoms with Crippen molar-refractivity contribution in [3.8, 4) is 5.75 Å². The van der Waals surface area contributed by atoms with Crippen molar-refractivity contribution in [3.05, 3.63) is 24.3 Å². The van der Waals surface area contributed by atoms with Crippen LogP contribution in [0.25, 0.3) is 0 Å². The van der Waals surface area contributed by atoms with Crippen LogP contribution in [-0.4, -0.2) is 35.8 Å². The SMILES string of the molecule is CN(C(=O)NCC1CCCC1C(=O)O)c1cccc(O)c1. The van der Waals surface area contributed by atoms with Gasteiger partial charge >= 0.3 is 12.0 Å². The summed E-state index contributed by atoms with van der Waals surface area (Å²) in [5.41, 5.74) is 0.578. The smallest absolute Gasteiger partial charge is 0.321 e. The third-order valence-corrected chi connectivity index (χ3v) is 4.01. The number of benzene rings is 1. The topological polar surface area (TPSA) is 89.9 Å². The van der Waals surface area contributed by atoms with E-state index in [0.717, 1.165) is 12.8 Å². The number of hydrogen-bond donors (Lipinski definition) is 3. The lowest BCUT2D eigenvalue weighted by Crippen LogP contribution is -2.41. The average molecular weight is 292 g/mol. The number of hydrogen-bond acceptors (Lipinski definition) is 3. The average Bonchev–Trinajstić information content (AvgIpc) is 2.92. The molecule has 0 heterocycles. The molecule has 0 aromatic heterocycles. The molecule has 2 rings (SSSR count). The lowest BCUT2D eigenvalue weighted by atomic mass is 9.96. The number of amides is 2. The maximum absolute atomic E-state index is 12.1. The molecular weight excluding hydrogens is 272 g/mol. The van der Waals surface area contributed by atoms with Crippen LogP contribution in [0.5, 0.6) is 5.75 Å². The Morgan fingerprint density at radius 3 is 2.81 bits per heavy atom. The van der Waals surface area contributed by atoms with Crippen molar-refractivity contribution in [1.29, 1.82) is 0 Å². The highest BCUT2D eigenvalue weighted by atomic mass is 16.4. The molecule has 2 unspecified atom stereocenters. The zero-order valence-electron chi connectivity index (χ0n) is 12.0. The number of aliphatic carboxylic acids is 1. The first-order valence-electron chi connectivity index (χ1n) is 7.02. The summed E-state index contributed by atoms with van der Waals surface area (Å²) in [6.45, 7) is 0.360. The van der Waals surface area contributed by atoms with E-state index in [0.29, 0.717) is 18.7 Å². The van der Waals surface area contributed by atoms with Gasteiger partial charge < -0.3 is 15.5 Å². The molecule has 0 radical (unpaired) electrons. The number of aromatic hydroxyl groups is 1. The minimum absolute atomic E-state index is 0.0102. The van der Waals surface area contributed by atoms with E-state index in [1.165, 1.54) is 17.0 Å². The summed E-state index contributed by atoms with van der Waals surface area (Å²) in [5.74, 6) is -1.07. The fourth-order valence-corrected chi connectivity index (χ4v) is 2.76. The fourth-order valence-electron chi connectivity index (χ4n) is 2.76. The van der Waals surface area contributed by atoms with Gasteiger partial charge in [-0.2, -0.15) is 0 Å². The summed E-state index contributed by atoms with van der Waals surface area (Å²) in [4.78, 5) is 24.6. The van der Waals surface area contributed by atoms with Gasteiger partial charge in [0.2, 0.25) is 0 Å². The van der Waals surface area contributed by atoms with Crippen LogP contribution in [0.15, 0.2) is 24.3 Å². The second kappa shape index (κ2) is 6.47. The van der Waals surface area contributed by atoms with Crippen LogP contribution >= 0.6 is 0 Å². The second-order valence-electron chi connectivity index (χ2n) is 5.40. The quantitative estimate of drug-likeness (QED) is 0.792. The monoisotopic (exact) mass is 292 g/mol. The molecule has 2 amide bonds. The maximum atomic E-state index is 12.1. The highest BCUT2D eigenvalue weighted by Gasteiger charge is 2.33. The first-order valence-corrected chi connectivity index (χ1v) is 7.02. The van der Waals surface area contributed by atoms with Crippen LogP contribution in [0.2, 0.25) is 0 Å². The van der Waals surface area contributed by atoms with Crippen molar-refractivity contribution < 1.29 is 19.8 Å². The molecule has 0 aliphatic heterocycles. The Bertz CT molecular complexity index is 532. The molecular formula is C15H20N2O4. The summed E-state index contributed by atoms with van der Waals surface area (Å²) in [6.07, 6.45) is 2.39. The molecule has 0 saturated heterocycles. The lowest BCUT2D eigenvalue weighted by Gasteiger charge is -2.21. The molecule has 1 aromatic rings. The van der Waals surface area contributed by atoms with Crippen LogP contribution in [-0.2, 0) is 4.79 Å². The lowest BCUT2D eigenvalue weighted by molar-refractivity contribution is -0.142. The van der Waals surface area contributed by atoms with Gasteiger partial charge in [0.05, 0.1) is 5.92 Å². The Morgan fingerprint density at radius 2 is 2.14 bits per heavy atom. The van der Waals surface area contributed by atoms with Crippen LogP contribution in [0, 0.1) is 11.8 Å². The first-order chi connectivity index (χ1) is 9.99. The van der Waals surface area contributed by atoms with Crippen molar-refractivity contribution in [1.82, 2.24) is 5.32 Å². The van der Waals surface area contributed by atoms with E-state index < -0.39 is 5.97 Å². The van der Waals surface area contributed by atoms with Gasteiger partial charge in [-0.1, -0.05) is 12.5 Å². The van der Waals surface area contributed by atoms with Crippen molar-refractivity contribution in [2.24, 2.45) is 11.8 Å². The van der Waals surface area contributed by atoms with Crippen LogP contribution in [0.4, 0.5) is 10.5 Å². The highest BCUT2D eigenvalue weighted by Crippen LogP contribution is 2.31. The standard InChI is InChI=1S/C15H20N2O4/c1-17(11-5-3-6-12(18)8-11)15(21)16-9-10-4-2-7-13(10)14(19)20/h3,5-6,8,10,13,18H,2,4,7,9H2,1H3,(H,16,21)(H,19,20). The van der Waals surface area contributed by atoms with E-state index in [1.54, 1.807) is 19.2 Å². The number of urea groups is 1. The number of anilines is 1. The molecule has 1 aliphatic carbocycles. The zero-order valence-corrected chi connectivity index (χ0v) is 12.0. The number of carboxylic acid groups (broad SMARTS) is 1. The van der Waals surface area contributed by atoms with Gasteiger partial charge in [0, 0.05) is 25.3 Å². The number of phenols is 1. The van der Waals surface area contributed by atoms with Gasteiger partial charge in [0.1, 0.15) is 5.75 Å². The normalized spacial score (nSPS) is 21.0. The summed E-state index contributed by atoms with van der Waals surface area (Å²) >= 11 is 0. The van der Waals surface area contributed by atoms with Gasteiger partial charge in [0.15, 0.2) is 0 Å². The molecule has 21 heavy (non-hydrogen) atoms. The Morgan fingerprint density at radius 1 is 1.38 bits per heavy atom. The van der Waals surface area contributed by atoms with Gasteiger partial charge in [-0.25, -0.2) is 4.79 Å². The van der Waals surface area contributed by atoms with E-state index in [9.17, 15) is 14.7 Å². The van der Waals surface area contributed by atoms with Crippen LogP contribution in [0.1, 0.15) is 19.3 Å². The van der Waals surface area contributed by atoms with Crippen LogP contribution in [0.3, 0.4) is 0 Å². The molecule has 0 bridgehead atoms. The third kappa shape index (κ3) is 3.65. The van der Waals surface area contributed by atoms with Crippen molar-refractivity contribution in [3.63, 3.8) is 0 Å². The third-order valence-electron chi connectivity index (χ3n) is 4.01. The molecule has 1 fully saturated rings. The predicted molar refractivity (Wildman–Crippen MR) is 78.4 cm³/mol. The summed E-state index contributed by atoms with van der Waals surface area (Å²) in [7, 11) is 1.60. The van der Waals surface area contributed by atoms with Gasteiger partial charge in [-0.15, -0.1) is 0 Å². The molecule has 114 valence electrons. The molecule has 0 spiro atoms.